The van der Waals surface area contributed by atoms with E-state index in [-0.39, 0.29) is 6.61 Å². The van der Waals surface area contributed by atoms with Gasteiger partial charge in [0.15, 0.2) is 6.29 Å². The lowest BCUT2D eigenvalue weighted by Gasteiger charge is -2.10. The van der Waals surface area contributed by atoms with E-state index >= 15 is 0 Å². The number of carbonyl (C=O) groups excluding carboxylic acids is 1. The molecule has 21 heavy (non-hydrogen) atoms. The van der Waals surface area contributed by atoms with E-state index in [0.717, 1.165) is 42.5 Å². The molecule has 0 aliphatic carbocycles. The molecule has 2 aromatic rings. The van der Waals surface area contributed by atoms with Crippen LogP contribution in [0.3, 0.4) is 0 Å². The maximum absolute atomic E-state index is 11.1. The Morgan fingerprint density at radius 1 is 1.29 bits per heavy atom. The summed E-state index contributed by atoms with van der Waals surface area (Å²) in [7, 11) is 0. The fourth-order valence-corrected chi connectivity index (χ4v) is 2.24. The van der Waals surface area contributed by atoms with Gasteiger partial charge in [-0.1, -0.05) is 37.6 Å². The van der Waals surface area contributed by atoms with Crippen LogP contribution in [-0.4, -0.2) is 21.1 Å². The summed E-state index contributed by atoms with van der Waals surface area (Å²) in [5.41, 5.74) is 2.58. The second-order valence-corrected chi connectivity index (χ2v) is 5.00. The molecule has 0 spiro atoms. The highest BCUT2D eigenvalue weighted by Gasteiger charge is 2.09. The second-order valence-electron chi connectivity index (χ2n) is 5.00. The first-order chi connectivity index (χ1) is 10.3. The largest absolute Gasteiger partial charge is 0.321 e. The Morgan fingerprint density at radius 2 is 2.00 bits per heavy atom. The first-order valence-corrected chi connectivity index (χ1v) is 7.12. The van der Waals surface area contributed by atoms with E-state index in [0.29, 0.717) is 12.2 Å². The van der Waals surface area contributed by atoms with E-state index in [1.54, 1.807) is 6.20 Å². The number of aldehydes is 1. The third kappa shape index (κ3) is 4.00. The normalized spacial score (nSPS) is 10.8. The van der Waals surface area contributed by atoms with Crippen molar-refractivity contribution in [2.24, 2.45) is 0 Å². The molecule has 0 unspecified atom stereocenters. The Labute approximate surface area is 124 Å². The van der Waals surface area contributed by atoms with Gasteiger partial charge in [-0.25, -0.2) is 9.87 Å². The van der Waals surface area contributed by atoms with Crippen molar-refractivity contribution in [1.29, 1.82) is 0 Å². The standard InChI is InChI=1S/C16H20N2O3/c1-2-3-4-16-17-9-15(11-19)18(16)10-13-5-7-14(8-6-13)12-21-20/h5-9,11,20H,2-4,10,12H2,1H3. The summed E-state index contributed by atoms with van der Waals surface area (Å²) in [5.74, 6) is 0.946. The number of rotatable bonds is 8. The minimum absolute atomic E-state index is 0.173. The maximum atomic E-state index is 11.1. The third-order valence-corrected chi connectivity index (χ3v) is 3.44. The van der Waals surface area contributed by atoms with Crippen LogP contribution in [0.25, 0.3) is 0 Å². The quantitative estimate of drug-likeness (QED) is 0.460. The van der Waals surface area contributed by atoms with Crippen molar-refractivity contribution < 1.29 is 14.9 Å². The van der Waals surface area contributed by atoms with Gasteiger partial charge in [0.25, 0.3) is 0 Å². The van der Waals surface area contributed by atoms with Crippen LogP contribution in [-0.2, 0) is 24.5 Å². The molecule has 0 bridgehead atoms. The summed E-state index contributed by atoms with van der Waals surface area (Å²) in [4.78, 5) is 19.6. The number of unbranched alkanes of at least 4 members (excludes halogenated alkanes) is 1. The van der Waals surface area contributed by atoms with E-state index in [9.17, 15) is 4.79 Å². The first-order valence-electron chi connectivity index (χ1n) is 7.12. The van der Waals surface area contributed by atoms with Crippen molar-refractivity contribution in [1.82, 2.24) is 9.55 Å². The van der Waals surface area contributed by atoms with Gasteiger partial charge < -0.3 is 4.57 Å². The van der Waals surface area contributed by atoms with Crippen LogP contribution in [0.4, 0.5) is 0 Å². The van der Waals surface area contributed by atoms with Gasteiger partial charge in [0, 0.05) is 13.0 Å². The molecule has 0 aliphatic rings. The van der Waals surface area contributed by atoms with Gasteiger partial charge in [-0.2, -0.15) is 0 Å². The number of aromatic nitrogens is 2. The molecule has 0 saturated carbocycles. The summed E-state index contributed by atoms with van der Waals surface area (Å²) >= 11 is 0. The zero-order valence-corrected chi connectivity index (χ0v) is 12.2. The molecule has 112 valence electrons. The highest BCUT2D eigenvalue weighted by Crippen LogP contribution is 2.13. The molecule has 1 N–H and O–H groups in total. The maximum Gasteiger partial charge on any atom is 0.168 e. The monoisotopic (exact) mass is 288 g/mol. The number of carbonyl (C=O) groups is 1. The minimum Gasteiger partial charge on any atom is -0.321 e. The summed E-state index contributed by atoms with van der Waals surface area (Å²) in [5, 5.41) is 8.43. The SMILES string of the molecule is CCCCc1ncc(C=O)n1Cc1ccc(COO)cc1. The van der Waals surface area contributed by atoms with Crippen LogP contribution >= 0.6 is 0 Å². The predicted octanol–water partition coefficient (Wildman–Crippen LogP) is 3.08. The van der Waals surface area contributed by atoms with Gasteiger partial charge in [0.1, 0.15) is 18.1 Å². The molecule has 1 heterocycles. The van der Waals surface area contributed by atoms with E-state index in [2.05, 4.69) is 16.8 Å². The van der Waals surface area contributed by atoms with Crippen molar-refractivity contribution in [3.05, 3.63) is 53.1 Å². The highest BCUT2D eigenvalue weighted by atomic mass is 17.1. The summed E-state index contributed by atoms with van der Waals surface area (Å²) in [6, 6.07) is 7.72. The lowest BCUT2D eigenvalue weighted by molar-refractivity contribution is -0.253. The zero-order valence-electron chi connectivity index (χ0n) is 12.2. The van der Waals surface area contributed by atoms with E-state index in [4.69, 9.17) is 5.26 Å². The van der Waals surface area contributed by atoms with Crippen LogP contribution in [0.15, 0.2) is 30.5 Å². The summed E-state index contributed by atoms with van der Waals surface area (Å²) in [6.45, 7) is 2.93. The van der Waals surface area contributed by atoms with Gasteiger partial charge in [-0.3, -0.25) is 10.1 Å². The molecular weight excluding hydrogens is 268 g/mol. The van der Waals surface area contributed by atoms with Gasteiger partial charge >= 0.3 is 0 Å². The molecule has 0 amide bonds. The zero-order chi connectivity index (χ0) is 15.1. The number of aryl methyl sites for hydroxylation is 1. The van der Waals surface area contributed by atoms with Crippen molar-refractivity contribution in [2.45, 2.75) is 39.3 Å². The first kappa shape index (κ1) is 15.4. The number of hydrogen-bond donors (Lipinski definition) is 1. The average molecular weight is 288 g/mol. The Kier molecular flexibility index (Phi) is 5.66. The Hall–Kier alpha value is -1.98. The molecular formula is C16H20N2O3. The smallest absolute Gasteiger partial charge is 0.168 e. The molecule has 5 heteroatoms. The molecule has 0 saturated heterocycles. The average Bonchev–Trinajstić information content (AvgIpc) is 2.89. The van der Waals surface area contributed by atoms with Gasteiger partial charge in [-0.15, -0.1) is 0 Å². The predicted molar refractivity (Wildman–Crippen MR) is 79.2 cm³/mol. The van der Waals surface area contributed by atoms with Gasteiger partial charge in [0.2, 0.25) is 0 Å². The minimum atomic E-state index is 0.173. The lowest BCUT2D eigenvalue weighted by atomic mass is 10.1. The van der Waals surface area contributed by atoms with Crippen LogP contribution in [0, 0.1) is 0 Å². The molecule has 1 aromatic carbocycles. The topological polar surface area (TPSA) is 64.4 Å². The molecule has 0 atom stereocenters. The Bertz CT molecular complexity index is 576. The lowest BCUT2D eigenvalue weighted by Crippen LogP contribution is -2.08. The number of imidazole rings is 1. The highest BCUT2D eigenvalue weighted by molar-refractivity contribution is 5.72. The number of nitrogens with zero attached hydrogens (tertiary/aromatic N) is 2. The van der Waals surface area contributed by atoms with Crippen LogP contribution < -0.4 is 0 Å². The molecule has 0 radical (unpaired) electrons. The van der Waals surface area contributed by atoms with E-state index in [1.807, 2.05) is 28.8 Å². The molecule has 0 aliphatic heterocycles. The van der Waals surface area contributed by atoms with Crippen molar-refractivity contribution in [3.63, 3.8) is 0 Å². The Balaban J connectivity index is 2.17. The summed E-state index contributed by atoms with van der Waals surface area (Å²) in [6.07, 6.45) is 5.50. The molecule has 5 nitrogen and oxygen atoms in total. The van der Waals surface area contributed by atoms with E-state index in [1.165, 1.54) is 0 Å². The van der Waals surface area contributed by atoms with Crippen molar-refractivity contribution in [2.75, 3.05) is 0 Å². The third-order valence-electron chi connectivity index (χ3n) is 3.44. The van der Waals surface area contributed by atoms with Crippen LogP contribution in [0.1, 0.15) is 47.2 Å². The van der Waals surface area contributed by atoms with Crippen LogP contribution in [0.2, 0.25) is 0 Å². The van der Waals surface area contributed by atoms with Gasteiger partial charge in [0.05, 0.1) is 6.20 Å². The molecule has 2 rings (SSSR count). The molecule has 0 fully saturated rings. The summed E-state index contributed by atoms with van der Waals surface area (Å²) < 4.78 is 1.96. The fourth-order valence-electron chi connectivity index (χ4n) is 2.24. The van der Waals surface area contributed by atoms with Crippen LogP contribution in [0.5, 0.6) is 0 Å². The molecule has 1 aromatic heterocycles. The van der Waals surface area contributed by atoms with Gasteiger partial charge in [-0.05, 0) is 17.5 Å². The number of benzene rings is 1. The number of hydrogen-bond acceptors (Lipinski definition) is 4. The second kappa shape index (κ2) is 7.71. The van der Waals surface area contributed by atoms with Crippen molar-refractivity contribution in [3.8, 4) is 0 Å². The Morgan fingerprint density at radius 3 is 2.62 bits per heavy atom. The van der Waals surface area contributed by atoms with Crippen molar-refractivity contribution >= 4 is 6.29 Å². The van der Waals surface area contributed by atoms with E-state index < -0.39 is 0 Å². The fraction of sp³-hybridized carbons (Fsp3) is 0.375.